The van der Waals surface area contributed by atoms with Gasteiger partial charge in [-0.05, 0) is 25.7 Å². The molecule has 3 heteroatoms. The molecule has 0 saturated heterocycles. The molecule has 0 heterocycles. The minimum absolute atomic E-state index is 0.149. The summed E-state index contributed by atoms with van der Waals surface area (Å²) >= 11 is 0. The van der Waals surface area contributed by atoms with Crippen LogP contribution in [0.25, 0.3) is 0 Å². The van der Waals surface area contributed by atoms with E-state index >= 15 is 0 Å². The van der Waals surface area contributed by atoms with Crippen molar-refractivity contribution >= 4 is 0 Å². The Bertz CT molecular complexity index is 231. The first kappa shape index (κ1) is 20.6. The van der Waals surface area contributed by atoms with Crippen LogP contribution in [0.4, 0.5) is 0 Å². The molecule has 0 spiro atoms. The first-order chi connectivity index (χ1) is 10.2. The van der Waals surface area contributed by atoms with E-state index in [-0.39, 0.29) is 6.61 Å². The van der Waals surface area contributed by atoms with Crippen LogP contribution >= 0.6 is 0 Å². The lowest BCUT2D eigenvalue weighted by atomic mass is 10.1. The molecule has 0 amide bonds. The van der Waals surface area contributed by atoms with Gasteiger partial charge < -0.3 is 15.9 Å². The van der Waals surface area contributed by atoms with Gasteiger partial charge in [-0.1, -0.05) is 70.4 Å². The van der Waals surface area contributed by atoms with Crippen molar-refractivity contribution in [1.29, 1.82) is 0 Å². The third-order valence-electron chi connectivity index (χ3n) is 3.98. The average molecular weight is 299 g/mol. The number of unbranched alkanes of at least 4 members (excludes halogenated alkanes) is 9. The smallest absolute Gasteiger partial charge is 0.0716 e. The Morgan fingerprint density at radius 2 is 1.38 bits per heavy atom. The number of hydrogen-bond donors (Lipinski definition) is 3. The van der Waals surface area contributed by atoms with Crippen molar-refractivity contribution in [2.45, 2.75) is 96.1 Å². The van der Waals surface area contributed by atoms with E-state index in [4.69, 9.17) is 10.8 Å². The predicted octanol–water partition coefficient (Wildman–Crippen LogP) is 3.92. The molecule has 0 bridgehead atoms. The molecule has 0 saturated carbocycles. The minimum atomic E-state index is -0.590. The molecule has 4 N–H and O–H groups in total. The first-order valence-electron chi connectivity index (χ1n) is 8.91. The highest BCUT2D eigenvalue weighted by Crippen LogP contribution is 2.11. The van der Waals surface area contributed by atoms with Crippen molar-refractivity contribution in [2.75, 3.05) is 6.61 Å². The maximum Gasteiger partial charge on any atom is 0.0716 e. The number of aliphatic hydroxyl groups excluding tert-OH is 2. The molecular weight excluding hydrogens is 262 g/mol. The Kier molecular flexibility index (Phi) is 15.7. The molecule has 0 rings (SSSR count). The highest BCUT2D eigenvalue weighted by molar-refractivity contribution is 4.83. The normalized spacial score (nSPS) is 14.7. The maximum atomic E-state index is 9.58. The summed E-state index contributed by atoms with van der Waals surface area (Å²) in [7, 11) is 0. The van der Waals surface area contributed by atoms with Crippen molar-refractivity contribution in [3.8, 4) is 0 Å². The Morgan fingerprint density at radius 1 is 0.857 bits per heavy atom. The van der Waals surface area contributed by atoms with Gasteiger partial charge in [-0.2, -0.15) is 0 Å². The summed E-state index contributed by atoms with van der Waals surface area (Å²) in [5, 5.41) is 18.4. The van der Waals surface area contributed by atoms with Crippen LogP contribution in [0.3, 0.4) is 0 Å². The molecule has 1 unspecified atom stereocenters. The highest BCUT2D eigenvalue weighted by Gasteiger charge is 2.11. The molecule has 0 aromatic heterocycles. The fourth-order valence-electron chi connectivity index (χ4n) is 2.41. The fraction of sp³-hybridized carbons (Fsp3) is 0.889. The van der Waals surface area contributed by atoms with E-state index in [0.717, 1.165) is 12.8 Å². The van der Waals surface area contributed by atoms with Gasteiger partial charge in [0.1, 0.15) is 0 Å². The van der Waals surface area contributed by atoms with Crippen LogP contribution in [0.15, 0.2) is 12.2 Å². The molecule has 2 atom stereocenters. The third kappa shape index (κ3) is 14.3. The predicted molar refractivity (Wildman–Crippen MR) is 91.3 cm³/mol. The minimum Gasteiger partial charge on any atom is -0.395 e. The SMILES string of the molecule is CCCCCCCCCCC/C=C/CCC(O)[C@@H](N)CO. The zero-order valence-electron chi connectivity index (χ0n) is 14.0. The number of rotatable bonds is 15. The van der Waals surface area contributed by atoms with Crippen molar-refractivity contribution in [1.82, 2.24) is 0 Å². The number of nitrogens with two attached hydrogens (primary N) is 1. The van der Waals surface area contributed by atoms with Gasteiger partial charge in [0.05, 0.1) is 18.8 Å². The molecule has 0 aromatic rings. The summed E-state index contributed by atoms with van der Waals surface area (Å²) in [5.41, 5.74) is 5.54. The summed E-state index contributed by atoms with van der Waals surface area (Å²) < 4.78 is 0. The summed E-state index contributed by atoms with van der Waals surface area (Å²) in [5.74, 6) is 0. The molecule has 0 aliphatic carbocycles. The molecule has 21 heavy (non-hydrogen) atoms. The van der Waals surface area contributed by atoms with Crippen LogP contribution in [-0.2, 0) is 0 Å². The van der Waals surface area contributed by atoms with Gasteiger partial charge in [0.25, 0.3) is 0 Å². The van der Waals surface area contributed by atoms with E-state index in [9.17, 15) is 5.11 Å². The summed E-state index contributed by atoms with van der Waals surface area (Å²) in [6.45, 7) is 2.11. The van der Waals surface area contributed by atoms with Crippen LogP contribution in [0.2, 0.25) is 0 Å². The van der Waals surface area contributed by atoms with E-state index in [0.29, 0.717) is 6.42 Å². The highest BCUT2D eigenvalue weighted by atomic mass is 16.3. The van der Waals surface area contributed by atoms with Gasteiger partial charge in [-0.15, -0.1) is 0 Å². The summed E-state index contributed by atoms with van der Waals surface area (Å²) in [4.78, 5) is 0. The van der Waals surface area contributed by atoms with Crippen molar-refractivity contribution in [2.24, 2.45) is 5.73 Å². The Morgan fingerprint density at radius 3 is 1.95 bits per heavy atom. The van der Waals surface area contributed by atoms with E-state index in [1.807, 2.05) is 0 Å². The van der Waals surface area contributed by atoms with Gasteiger partial charge in [0.15, 0.2) is 0 Å². The molecule has 126 valence electrons. The van der Waals surface area contributed by atoms with E-state index in [1.54, 1.807) is 0 Å². The number of aliphatic hydroxyl groups is 2. The van der Waals surface area contributed by atoms with Gasteiger partial charge in [-0.25, -0.2) is 0 Å². The van der Waals surface area contributed by atoms with Gasteiger partial charge in [0, 0.05) is 0 Å². The molecule has 3 nitrogen and oxygen atoms in total. The quantitative estimate of drug-likeness (QED) is 0.317. The van der Waals surface area contributed by atoms with Crippen molar-refractivity contribution < 1.29 is 10.2 Å². The Hall–Kier alpha value is -0.380. The molecule has 0 aliphatic heterocycles. The largest absolute Gasteiger partial charge is 0.395 e. The van der Waals surface area contributed by atoms with Crippen LogP contribution < -0.4 is 5.73 Å². The zero-order chi connectivity index (χ0) is 15.8. The van der Waals surface area contributed by atoms with E-state index in [2.05, 4.69) is 19.1 Å². The van der Waals surface area contributed by atoms with Gasteiger partial charge >= 0.3 is 0 Å². The van der Waals surface area contributed by atoms with E-state index < -0.39 is 12.1 Å². The summed E-state index contributed by atoms with van der Waals surface area (Å²) in [6.07, 6.45) is 18.6. The fourth-order valence-corrected chi connectivity index (χ4v) is 2.41. The third-order valence-corrected chi connectivity index (χ3v) is 3.98. The lowest BCUT2D eigenvalue weighted by molar-refractivity contribution is 0.102. The Balaban J connectivity index is 3.22. The molecule has 0 radical (unpaired) electrons. The lowest BCUT2D eigenvalue weighted by Gasteiger charge is -2.14. The second-order valence-electron chi connectivity index (χ2n) is 6.08. The van der Waals surface area contributed by atoms with Crippen LogP contribution in [0, 0.1) is 0 Å². The van der Waals surface area contributed by atoms with Gasteiger partial charge in [0.2, 0.25) is 0 Å². The molecular formula is C18H37NO2. The standard InChI is InChI=1S/C18H37NO2/c1-2-3-4-5-6-7-8-9-10-11-12-13-14-15-18(21)17(19)16-20/h12-13,17-18,20-21H,2-11,14-16,19H2,1H3/b13-12+/t17-,18?/m0/s1. The van der Waals surface area contributed by atoms with Crippen LogP contribution in [-0.4, -0.2) is 29.0 Å². The topological polar surface area (TPSA) is 66.5 Å². The second-order valence-corrected chi connectivity index (χ2v) is 6.08. The van der Waals surface area contributed by atoms with Crippen molar-refractivity contribution in [3.63, 3.8) is 0 Å². The molecule has 0 fully saturated rings. The monoisotopic (exact) mass is 299 g/mol. The maximum absolute atomic E-state index is 9.58. The summed E-state index contributed by atoms with van der Waals surface area (Å²) in [6, 6.07) is -0.504. The average Bonchev–Trinajstić information content (AvgIpc) is 2.50. The molecule has 0 aromatic carbocycles. The van der Waals surface area contributed by atoms with Gasteiger partial charge in [-0.3, -0.25) is 0 Å². The number of allylic oxidation sites excluding steroid dienone is 2. The molecule has 0 aliphatic rings. The van der Waals surface area contributed by atoms with Crippen LogP contribution in [0.1, 0.15) is 84.0 Å². The number of hydrogen-bond acceptors (Lipinski definition) is 3. The second kappa shape index (κ2) is 16.0. The lowest BCUT2D eigenvalue weighted by Crippen LogP contribution is -2.37. The van der Waals surface area contributed by atoms with Crippen molar-refractivity contribution in [3.05, 3.63) is 12.2 Å². The first-order valence-corrected chi connectivity index (χ1v) is 8.91. The Labute approximate surface area is 131 Å². The van der Waals surface area contributed by atoms with E-state index in [1.165, 1.54) is 57.8 Å². The zero-order valence-corrected chi connectivity index (χ0v) is 14.0. The van der Waals surface area contributed by atoms with Crippen LogP contribution in [0.5, 0.6) is 0 Å².